The van der Waals surface area contributed by atoms with Crippen molar-refractivity contribution in [2.75, 3.05) is 51.5 Å². The summed E-state index contributed by atoms with van der Waals surface area (Å²) in [6.07, 6.45) is 2.79. The summed E-state index contributed by atoms with van der Waals surface area (Å²) in [6.45, 7) is 2.73. The van der Waals surface area contributed by atoms with E-state index in [-0.39, 0.29) is 30.0 Å². The highest BCUT2D eigenvalue weighted by Gasteiger charge is 2.25. The summed E-state index contributed by atoms with van der Waals surface area (Å²) in [4.78, 5) is 6.48. The van der Waals surface area contributed by atoms with Crippen molar-refractivity contribution in [3.63, 3.8) is 0 Å². The summed E-state index contributed by atoms with van der Waals surface area (Å²) in [6, 6.07) is 5.86. The lowest BCUT2D eigenvalue weighted by Crippen LogP contribution is -2.45. The zero-order chi connectivity index (χ0) is 19.9. The number of hydrogen-bond donors (Lipinski definition) is 3. The van der Waals surface area contributed by atoms with Gasteiger partial charge in [-0.1, -0.05) is 11.6 Å². The monoisotopic (exact) mass is 545 g/mol. The summed E-state index contributed by atoms with van der Waals surface area (Å²) >= 11 is 6.14. The van der Waals surface area contributed by atoms with Gasteiger partial charge in [-0.3, -0.25) is 4.99 Å². The van der Waals surface area contributed by atoms with Gasteiger partial charge >= 0.3 is 0 Å². The Labute approximate surface area is 189 Å². The third kappa shape index (κ3) is 8.18. The van der Waals surface area contributed by atoms with E-state index in [0.29, 0.717) is 30.5 Å². The van der Waals surface area contributed by atoms with Crippen LogP contribution in [0.5, 0.6) is 5.75 Å². The lowest BCUT2D eigenvalue weighted by atomic mass is 10.2. The van der Waals surface area contributed by atoms with Gasteiger partial charge in [-0.15, -0.1) is 24.0 Å². The molecule has 11 heteroatoms. The number of nitrogens with one attached hydrogen (secondary N) is 3. The average molecular weight is 546 g/mol. The molecule has 1 saturated heterocycles. The number of benzene rings is 1. The van der Waals surface area contributed by atoms with Crippen LogP contribution in [-0.2, 0) is 10.0 Å². The third-order valence-corrected chi connectivity index (χ3v) is 5.21. The lowest BCUT2D eigenvalue weighted by Gasteiger charge is -2.22. The largest absolute Gasteiger partial charge is 0.495 e. The molecule has 0 aliphatic carbocycles. The molecule has 0 amide bonds. The van der Waals surface area contributed by atoms with E-state index in [0.717, 1.165) is 37.2 Å². The fraction of sp³-hybridized carbons (Fsp3) is 0.588. The molecule has 0 aromatic heterocycles. The molecule has 2 rings (SSSR count). The molecule has 0 radical (unpaired) electrons. The molecule has 0 spiro atoms. The molecule has 0 bridgehead atoms. The Morgan fingerprint density at radius 3 is 2.79 bits per heavy atom. The highest BCUT2D eigenvalue weighted by atomic mass is 127. The minimum Gasteiger partial charge on any atom is -0.495 e. The zero-order valence-electron chi connectivity index (χ0n) is 16.4. The SMILES string of the molecule is CN=C(NCCCNS(C)(=O)=O)NC1CCN(c2cc(Cl)ccc2OC)C1.I. The number of ether oxygens (including phenoxy) is 1. The van der Waals surface area contributed by atoms with E-state index in [1.54, 1.807) is 14.2 Å². The Balaban J connectivity index is 0.00000392. The Morgan fingerprint density at radius 1 is 1.39 bits per heavy atom. The maximum Gasteiger partial charge on any atom is 0.208 e. The van der Waals surface area contributed by atoms with Crippen LogP contribution in [0.15, 0.2) is 23.2 Å². The predicted molar refractivity (Wildman–Crippen MR) is 126 cm³/mol. The van der Waals surface area contributed by atoms with E-state index in [9.17, 15) is 8.42 Å². The molecule has 0 saturated carbocycles. The summed E-state index contributed by atoms with van der Waals surface area (Å²) in [7, 11) is 0.236. The first-order valence-corrected chi connectivity index (χ1v) is 11.1. The van der Waals surface area contributed by atoms with Crippen molar-refractivity contribution in [1.82, 2.24) is 15.4 Å². The van der Waals surface area contributed by atoms with Gasteiger partial charge in [0.25, 0.3) is 0 Å². The number of anilines is 1. The van der Waals surface area contributed by atoms with E-state index in [2.05, 4.69) is 25.2 Å². The Bertz CT molecular complexity index is 763. The Kier molecular flexibility index (Phi) is 10.6. The molecule has 1 unspecified atom stereocenters. The minimum atomic E-state index is -3.14. The molecule has 1 aromatic carbocycles. The molecule has 1 aromatic rings. The van der Waals surface area contributed by atoms with Gasteiger partial charge in [0, 0.05) is 44.3 Å². The Morgan fingerprint density at radius 2 is 2.14 bits per heavy atom. The summed E-state index contributed by atoms with van der Waals surface area (Å²) in [5, 5.41) is 7.30. The number of aliphatic imine (C=N–C) groups is 1. The summed E-state index contributed by atoms with van der Waals surface area (Å²) < 4.78 is 30.0. The van der Waals surface area contributed by atoms with Crippen LogP contribution in [0.3, 0.4) is 0 Å². The van der Waals surface area contributed by atoms with E-state index in [1.807, 2.05) is 18.2 Å². The van der Waals surface area contributed by atoms with Crippen molar-refractivity contribution in [2.45, 2.75) is 18.9 Å². The van der Waals surface area contributed by atoms with Crippen LogP contribution in [-0.4, -0.2) is 67.0 Å². The number of guanidine groups is 1. The number of rotatable bonds is 8. The molecule has 1 aliphatic rings. The van der Waals surface area contributed by atoms with Gasteiger partial charge in [0.1, 0.15) is 5.75 Å². The molecular weight excluding hydrogens is 517 g/mol. The molecular formula is C17H29ClIN5O3S. The van der Waals surface area contributed by atoms with Crippen molar-refractivity contribution >= 4 is 57.2 Å². The minimum absolute atomic E-state index is 0. The normalized spacial score (nSPS) is 17.2. The summed E-state index contributed by atoms with van der Waals surface area (Å²) in [5.74, 6) is 1.51. The molecule has 8 nitrogen and oxygen atoms in total. The van der Waals surface area contributed by atoms with Gasteiger partial charge in [0.2, 0.25) is 10.0 Å². The maximum absolute atomic E-state index is 11.0. The predicted octanol–water partition coefficient (Wildman–Crippen LogP) is 1.65. The molecule has 1 heterocycles. The van der Waals surface area contributed by atoms with Gasteiger partial charge < -0.3 is 20.3 Å². The topological polar surface area (TPSA) is 95.1 Å². The number of methoxy groups -OCH3 is 1. The third-order valence-electron chi connectivity index (χ3n) is 4.24. The summed E-state index contributed by atoms with van der Waals surface area (Å²) in [5.41, 5.74) is 0.990. The van der Waals surface area contributed by atoms with Crippen LogP contribution < -0.4 is 25.0 Å². The average Bonchev–Trinajstić information content (AvgIpc) is 3.07. The van der Waals surface area contributed by atoms with Crippen molar-refractivity contribution < 1.29 is 13.2 Å². The first-order chi connectivity index (χ1) is 12.8. The second-order valence-electron chi connectivity index (χ2n) is 6.41. The van der Waals surface area contributed by atoms with E-state index in [4.69, 9.17) is 16.3 Å². The Hall–Kier alpha value is -0.980. The van der Waals surface area contributed by atoms with Crippen LogP contribution >= 0.6 is 35.6 Å². The number of nitrogens with zero attached hydrogens (tertiary/aromatic N) is 2. The highest BCUT2D eigenvalue weighted by molar-refractivity contribution is 14.0. The van der Waals surface area contributed by atoms with Gasteiger partial charge in [0.05, 0.1) is 19.1 Å². The second kappa shape index (κ2) is 11.9. The van der Waals surface area contributed by atoms with Crippen molar-refractivity contribution in [3.8, 4) is 5.75 Å². The first kappa shape index (κ1) is 25.1. The van der Waals surface area contributed by atoms with Crippen LogP contribution in [0.25, 0.3) is 0 Å². The van der Waals surface area contributed by atoms with Gasteiger partial charge in [-0.05, 0) is 31.0 Å². The van der Waals surface area contributed by atoms with E-state index >= 15 is 0 Å². The fourth-order valence-corrected chi connectivity index (χ4v) is 3.63. The molecule has 1 aliphatic heterocycles. The second-order valence-corrected chi connectivity index (χ2v) is 8.68. The zero-order valence-corrected chi connectivity index (χ0v) is 20.3. The molecule has 1 atom stereocenters. The van der Waals surface area contributed by atoms with Crippen LogP contribution in [0.4, 0.5) is 5.69 Å². The number of hydrogen-bond acceptors (Lipinski definition) is 5. The molecule has 28 heavy (non-hydrogen) atoms. The van der Waals surface area contributed by atoms with Crippen LogP contribution in [0.1, 0.15) is 12.8 Å². The van der Waals surface area contributed by atoms with E-state index in [1.165, 1.54) is 0 Å². The smallest absolute Gasteiger partial charge is 0.208 e. The lowest BCUT2D eigenvalue weighted by molar-refractivity contribution is 0.415. The standard InChI is InChI=1S/C17H28ClN5O3S.HI/c1-19-17(20-8-4-9-21-27(3,24)25)22-14-7-10-23(12-14)15-11-13(18)5-6-16(15)26-2;/h5-6,11,14,21H,4,7-10,12H2,1-3H3,(H2,19,20,22);1H. The molecule has 160 valence electrons. The van der Waals surface area contributed by atoms with Gasteiger partial charge in [-0.25, -0.2) is 13.1 Å². The maximum atomic E-state index is 11.0. The van der Waals surface area contributed by atoms with E-state index < -0.39 is 10.0 Å². The van der Waals surface area contributed by atoms with Crippen LogP contribution in [0, 0.1) is 0 Å². The quantitative estimate of drug-likeness (QED) is 0.199. The first-order valence-electron chi connectivity index (χ1n) is 8.82. The van der Waals surface area contributed by atoms with Crippen molar-refractivity contribution in [1.29, 1.82) is 0 Å². The fourth-order valence-electron chi connectivity index (χ4n) is 2.95. The number of halogens is 2. The van der Waals surface area contributed by atoms with Crippen LogP contribution in [0.2, 0.25) is 5.02 Å². The molecule has 1 fully saturated rings. The number of sulfonamides is 1. The molecule has 3 N–H and O–H groups in total. The van der Waals surface area contributed by atoms with Gasteiger partial charge in [0.15, 0.2) is 5.96 Å². The van der Waals surface area contributed by atoms with Crippen molar-refractivity contribution in [3.05, 3.63) is 23.2 Å². The highest BCUT2D eigenvalue weighted by Crippen LogP contribution is 2.33. The van der Waals surface area contributed by atoms with Gasteiger partial charge in [-0.2, -0.15) is 0 Å². The van der Waals surface area contributed by atoms with Crippen molar-refractivity contribution in [2.24, 2.45) is 4.99 Å².